The van der Waals surface area contributed by atoms with Gasteiger partial charge in [-0.3, -0.25) is 9.59 Å². The molecule has 10 heteroatoms. The van der Waals surface area contributed by atoms with Gasteiger partial charge < -0.3 is 24.3 Å². The molecule has 44 heavy (non-hydrogen) atoms. The van der Waals surface area contributed by atoms with Gasteiger partial charge in [0.05, 0.1) is 36.8 Å². The van der Waals surface area contributed by atoms with Crippen molar-refractivity contribution in [3.63, 3.8) is 0 Å². The zero-order chi connectivity index (χ0) is 31.2. The first kappa shape index (κ1) is 30.2. The van der Waals surface area contributed by atoms with Crippen molar-refractivity contribution in [2.24, 2.45) is 11.0 Å². The fourth-order valence-electron chi connectivity index (χ4n) is 7.30. The second kappa shape index (κ2) is 11.6. The molecule has 0 saturated carbocycles. The van der Waals surface area contributed by atoms with Gasteiger partial charge in [-0.2, -0.15) is 5.10 Å². The second-order valence-electron chi connectivity index (χ2n) is 12.4. The molecule has 3 aromatic carbocycles. The van der Waals surface area contributed by atoms with Crippen molar-refractivity contribution < 1.29 is 29.0 Å². The first-order valence-corrected chi connectivity index (χ1v) is 18.2. The molecule has 3 aromatic rings. The first-order chi connectivity index (χ1) is 21.1. The highest BCUT2D eigenvalue weighted by Gasteiger charge is 2.66. The summed E-state index contributed by atoms with van der Waals surface area (Å²) in [7, 11) is -1.22. The minimum Gasteiger partial charge on any atom is -0.497 e. The molecule has 1 saturated heterocycles. The lowest BCUT2D eigenvalue weighted by molar-refractivity contribution is -0.146. The van der Waals surface area contributed by atoms with Crippen LogP contribution in [0.1, 0.15) is 42.9 Å². The van der Waals surface area contributed by atoms with Gasteiger partial charge in [0.2, 0.25) is 5.91 Å². The number of aliphatic hydroxyl groups is 1. The third-order valence-corrected chi connectivity index (χ3v) is 11.7. The Morgan fingerprint density at radius 1 is 1.05 bits per heavy atom. The van der Waals surface area contributed by atoms with Crippen molar-refractivity contribution in [1.29, 1.82) is 0 Å². The monoisotopic (exact) mass is 613 g/mol. The van der Waals surface area contributed by atoms with Crippen LogP contribution < -0.4 is 14.6 Å². The average Bonchev–Trinajstić information content (AvgIpc) is 3.44. The van der Waals surface area contributed by atoms with Crippen molar-refractivity contribution in [2.45, 2.75) is 63.1 Å². The Hall–Kier alpha value is -3.83. The number of ether oxygens (including phenoxy) is 2. The molecule has 2 N–H and O–H groups in total. The molecule has 0 aliphatic carbocycles. The smallest absolute Gasteiger partial charge is 0.264 e. The molecular formula is C34H39N3O6Si. The standard InChI is InChI=1S/C34H39N3O6Si/c1-22-32(44(3,4)41)30(17-18-38)43-34(22)27-20-26(42-2)13-15-29(27)36(33(34)40)21-23-9-8-12-25(19-23)37-31(39)16-14-28(35-37)24-10-6-5-7-11-24/h5-13,15,19-20,22,30,32,38,41H,14,16-18,21H2,1-4H3/t22-,30+,32-,34+/m1/s1. The topological polar surface area (TPSA) is 112 Å². The molecule has 3 aliphatic heterocycles. The highest BCUT2D eigenvalue weighted by Crippen LogP contribution is 2.60. The van der Waals surface area contributed by atoms with Crippen LogP contribution in [0.3, 0.4) is 0 Å². The van der Waals surface area contributed by atoms with E-state index in [9.17, 15) is 19.5 Å². The molecule has 0 bridgehead atoms. The number of fused-ring (bicyclic) bond motifs is 2. The van der Waals surface area contributed by atoms with Crippen LogP contribution in [0.5, 0.6) is 5.75 Å². The van der Waals surface area contributed by atoms with Gasteiger partial charge >= 0.3 is 0 Å². The molecule has 4 atom stereocenters. The highest BCUT2D eigenvalue weighted by molar-refractivity contribution is 6.71. The molecule has 2 amide bonds. The van der Waals surface area contributed by atoms with Gasteiger partial charge in [-0.1, -0.05) is 49.4 Å². The SMILES string of the molecule is COc1ccc2c(c1)[C@]1(O[C@@H](CCO)[C@H]([Si](C)(C)O)[C@H]1C)C(=O)N2Cc1cccc(N2N=C(c3ccccc3)CCC2=O)c1. The Bertz CT molecular complexity index is 1610. The van der Waals surface area contributed by atoms with E-state index < -0.39 is 20.0 Å². The fourth-order valence-corrected chi connectivity index (χ4v) is 9.90. The van der Waals surface area contributed by atoms with Crippen LogP contribution in [0, 0.1) is 5.92 Å². The summed E-state index contributed by atoms with van der Waals surface area (Å²) in [6, 6.07) is 23.0. The van der Waals surface area contributed by atoms with Gasteiger partial charge in [0, 0.05) is 36.5 Å². The largest absolute Gasteiger partial charge is 0.497 e. The number of hydrogen-bond acceptors (Lipinski definition) is 7. The third-order valence-electron chi connectivity index (χ3n) is 9.24. The minimum atomic E-state index is -2.80. The highest BCUT2D eigenvalue weighted by atomic mass is 28.4. The number of amides is 2. The van der Waals surface area contributed by atoms with E-state index in [0.717, 1.165) is 16.8 Å². The summed E-state index contributed by atoms with van der Waals surface area (Å²) < 4.78 is 12.2. The van der Waals surface area contributed by atoms with Crippen LogP contribution in [0.15, 0.2) is 77.9 Å². The van der Waals surface area contributed by atoms with E-state index in [2.05, 4.69) is 0 Å². The van der Waals surface area contributed by atoms with Gasteiger partial charge in [0.1, 0.15) is 5.75 Å². The molecule has 3 heterocycles. The van der Waals surface area contributed by atoms with Crippen molar-refractivity contribution in [3.8, 4) is 5.75 Å². The molecule has 3 aliphatic rings. The zero-order valence-electron chi connectivity index (χ0n) is 25.6. The maximum Gasteiger partial charge on any atom is 0.264 e. The number of rotatable bonds is 8. The van der Waals surface area contributed by atoms with Crippen LogP contribution in [0.4, 0.5) is 11.4 Å². The summed E-state index contributed by atoms with van der Waals surface area (Å²) >= 11 is 0. The van der Waals surface area contributed by atoms with Gasteiger partial charge in [-0.05, 0) is 61.0 Å². The van der Waals surface area contributed by atoms with E-state index in [1.165, 1.54) is 5.01 Å². The molecular weight excluding hydrogens is 574 g/mol. The van der Waals surface area contributed by atoms with E-state index in [4.69, 9.17) is 14.6 Å². The molecule has 6 rings (SSSR count). The van der Waals surface area contributed by atoms with E-state index in [1.54, 1.807) is 12.0 Å². The van der Waals surface area contributed by atoms with Gasteiger partial charge in [0.25, 0.3) is 5.91 Å². The molecule has 1 spiro atoms. The number of hydrogen-bond donors (Lipinski definition) is 2. The third kappa shape index (κ3) is 5.05. The maximum atomic E-state index is 14.6. The van der Waals surface area contributed by atoms with Crippen LogP contribution >= 0.6 is 0 Å². The van der Waals surface area contributed by atoms with Crippen molar-refractivity contribution in [1.82, 2.24) is 0 Å². The number of nitrogens with zero attached hydrogens (tertiary/aromatic N) is 3. The van der Waals surface area contributed by atoms with Crippen LogP contribution in [0.2, 0.25) is 18.6 Å². The maximum absolute atomic E-state index is 14.6. The fraction of sp³-hybridized carbons (Fsp3) is 0.382. The molecule has 0 aromatic heterocycles. The number of carbonyl (C=O) groups is 2. The lowest BCUT2D eigenvalue weighted by atomic mass is 9.82. The Kier molecular flexibility index (Phi) is 7.96. The molecule has 0 radical (unpaired) electrons. The molecule has 230 valence electrons. The van der Waals surface area contributed by atoms with Crippen molar-refractivity contribution in [3.05, 3.63) is 89.5 Å². The summed E-state index contributed by atoms with van der Waals surface area (Å²) in [4.78, 5) is 40.6. The predicted molar refractivity (Wildman–Crippen MR) is 171 cm³/mol. The number of benzene rings is 3. The van der Waals surface area contributed by atoms with E-state index >= 15 is 0 Å². The quantitative estimate of drug-likeness (QED) is 0.348. The Morgan fingerprint density at radius 2 is 1.82 bits per heavy atom. The van der Waals surface area contributed by atoms with Gasteiger partial charge in [0.15, 0.2) is 13.9 Å². The lowest BCUT2D eigenvalue weighted by Gasteiger charge is -2.32. The first-order valence-electron chi connectivity index (χ1n) is 15.1. The van der Waals surface area contributed by atoms with E-state index in [-0.39, 0.29) is 36.4 Å². The Balaban J connectivity index is 1.37. The Labute approximate surface area is 258 Å². The Morgan fingerprint density at radius 3 is 2.52 bits per heavy atom. The molecule has 0 unspecified atom stereocenters. The van der Waals surface area contributed by atoms with Crippen LogP contribution in [-0.4, -0.2) is 55.6 Å². The van der Waals surface area contributed by atoms with E-state index in [1.807, 2.05) is 92.8 Å². The number of methoxy groups -OCH3 is 1. The van der Waals surface area contributed by atoms with Crippen LogP contribution in [0.25, 0.3) is 0 Å². The number of hydrazone groups is 1. The summed E-state index contributed by atoms with van der Waals surface area (Å²) in [6.07, 6.45) is 0.802. The second-order valence-corrected chi connectivity index (χ2v) is 16.4. The van der Waals surface area contributed by atoms with E-state index in [0.29, 0.717) is 42.0 Å². The summed E-state index contributed by atoms with van der Waals surface area (Å²) in [5.41, 5.74) is 3.14. The van der Waals surface area contributed by atoms with Gasteiger partial charge in [-0.15, -0.1) is 0 Å². The van der Waals surface area contributed by atoms with Crippen molar-refractivity contribution in [2.75, 3.05) is 23.6 Å². The normalized spacial score (nSPS) is 25.0. The van der Waals surface area contributed by atoms with Gasteiger partial charge in [-0.25, -0.2) is 5.01 Å². The van der Waals surface area contributed by atoms with Crippen LogP contribution in [-0.2, 0) is 26.5 Å². The number of aliphatic hydroxyl groups excluding tert-OH is 1. The molecule has 1 fully saturated rings. The average molecular weight is 614 g/mol. The number of anilines is 2. The minimum absolute atomic E-state index is 0.0830. The van der Waals surface area contributed by atoms with Crippen molar-refractivity contribution >= 4 is 37.2 Å². The number of carbonyl (C=O) groups excluding carboxylic acids is 2. The lowest BCUT2D eigenvalue weighted by Crippen LogP contribution is -2.46. The summed E-state index contributed by atoms with van der Waals surface area (Å²) in [5, 5.41) is 16.0. The predicted octanol–water partition coefficient (Wildman–Crippen LogP) is 4.95. The zero-order valence-corrected chi connectivity index (χ0v) is 26.6. The molecule has 9 nitrogen and oxygen atoms in total. The summed E-state index contributed by atoms with van der Waals surface area (Å²) in [5.74, 6) is -0.0211. The summed E-state index contributed by atoms with van der Waals surface area (Å²) in [6.45, 7) is 5.85.